The van der Waals surface area contributed by atoms with E-state index in [2.05, 4.69) is 5.32 Å². The number of carbonyl (C=O) groups is 3. The third kappa shape index (κ3) is 6.55. The van der Waals surface area contributed by atoms with Crippen molar-refractivity contribution in [2.45, 2.75) is 58.8 Å². The van der Waals surface area contributed by atoms with Crippen molar-refractivity contribution in [1.29, 1.82) is 0 Å². The Morgan fingerprint density at radius 2 is 1.89 bits per heavy atom. The van der Waals surface area contributed by atoms with E-state index in [0.717, 1.165) is 12.0 Å². The van der Waals surface area contributed by atoms with Gasteiger partial charge in [0.1, 0.15) is 24.8 Å². The summed E-state index contributed by atoms with van der Waals surface area (Å²) in [5.41, 5.74) is 0.257. The van der Waals surface area contributed by atoms with Crippen LogP contribution in [0.4, 0.5) is 4.79 Å². The van der Waals surface area contributed by atoms with Crippen molar-refractivity contribution >= 4 is 18.0 Å². The van der Waals surface area contributed by atoms with Crippen LogP contribution in [-0.2, 0) is 25.7 Å². The maximum absolute atomic E-state index is 12.9. The molecule has 1 aromatic rings. The Morgan fingerprint density at radius 3 is 2.50 bits per heavy atom. The number of hydrogen-bond donors (Lipinski definition) is 1. The molecule has 0 bridgehead atoms. The van der Waals surface area contributed by atoms with Crippen LogP contribution >= 0.6 is 0 Å². The molecule has 2 rings (SSSR count). The van der Waals surface area contributed by atoms with Crippen LogP contribution in [0.5, 0.6) is 0 Å². The first-order valence-corrected chi connectivity index (χ1v) is 9.67. The molecule has 0 aromatic heterocycles. The quantitative estimate of drug-likeness (QED) is 0.755. The van der Waals surface area contributed by atoms with Gasteiger partial charge in [-0.05, 0) is 38.7 Å². The average Bonchev–Trinajstić information content (AvgIpc) is 2.63. The van der Waals surface area contributed by atoms with Gasteiger partial charge in [0, 0.05) is 6.54 Å². The summed E-state index contributed by atoms with van der Waals surface area (Å²) in [6.45, 7) is 7.80. The van der Waals surface area contributed by atoms with Gasteiger partial charge in [-0.2, -0.15) is 0 Å². The molecule has 1 aliphatic rings. The Kier molecular flexibility index (Phi) is 7.43. The Hall–Kier alpha value is -2.57. The summed E-state index contributed by atoms with van der Waals surface area (Å²) in [7, 11) is 0. The Labute approximate surface area is 166 Å². The predicted octanol–water partition coefficient (Wildman–Crippen LogP) is 2.88. The lowest BCUT2D eigenvalue weighted by Crippen LogP contribution is -2.57. The van der Waals surface area contributed by atoms with Crippen molar-refractivity contribution in [2.75, 3.05) is 13.1 Å². The van der Waals surface area contributed by atoms with Crippen LogP contribution in [0.1, 0.15) is 46.1 Å². The lowest BCUT2D eigenvalue weighted by Gasteiger charge is -2.37. The van der Waals surface area contributed by atoms with E-state index in [1.54, 1.807) is 20.8 Å². The predicted molar refractivity (Wildman–Crippen MR) is 104 cm³/mol. The zero-order chi connectivity index (χ0) is 20.7. The highest BCUT2D eigenvalue weighted by Crippen LogP contribution is 2.22. The number of alkyl carbamates (subject to hydrolysis) is 1. The molecule has 0 unspecified atom stereocenters. The third-order valence-electron chi connectivity index (χ3n) is 4.57. The van der Waals surface area contributed by atoms with Gasteiger partial charge in [0.2, 0.25) is 5.91 Å². The molecular weight excluding hydrogens is 360 g/mol. The van der Waals surface area contributed by atoms with E-state index >= 15 is 0 Å². The minimum Gasteiger partial charge on any atom is -0.459 e. The lowest BCUT2D eigenvalue weighted by molar-refractivity contribution is -0.160. The number of ether oxygens (including phenoxy) is 2. The van der Waals surface area contributed by atoms with Crippen LogP contribution in [-0.4, -0.2) is 47.6 Å². The molecular formula is C21H30N2O5. The zero-order valence-corrected chi connectivity index (χ0v) is 17.1. The molecule has 0 spiro atoms. The maximum Gasteiger partial charge on any atom is 0.408 e. The van der Waals surface area contributed by atoms with Crippen LogP contribution < -0.4 is 5.32 Å². The summed E-state index contributed by atoms with van der Waals surface area (Å²) in [6, 6.07) is 8.62. The largest absolute Gasteiger partial charge is 0.459 e. The van der Waals surface area contributed by atoms with Gasteiger partial charge in [-0.1, -0.05) is 43.7 Å². The van der Waals surface area contributed by atoms with Crippen LogP contribution in [0.25, 0.3) is 0 Å². The standard InChI is InChI=1S/C21H30N2O5/c1-5-16-11-12-23(13-17(24)28-21(2,3)4)19(25)18(16)22-20(26)27-14-15-9-7-6-8-10-15/h6-10,16,18H,5,11-14H2,1-4H3,(H,22,26)/t16-,18-/m1/s1. The van der Waals surface area contributed by atoms with Crippen LogP contribution in [0.2, 0.25) is 0 Å². The molecule has 0 aliphatic carbocycles. The van der Waals surface area contributed by atoms with Gasteiger partial charge in [0.25, 0.3) is 0 Å². The number of carbonyl (C=O) groups excluding carboxylic acids is 3. The van der Waals surface area contributed by atoms with E-state index in [-0.39, 0.29) is 25.0 Å². The highest BCUT2D eigenvalue weighted by molar-refractivity contribution is 5.89. The van der Waals surface area contributed by atoms with Gasteiger partial charge < -0.3 is 19.7 Å². The lowest BCUT2D eigenvalue weighted by atomic mass is 9.88. The molecule has 1 heterocycles. The Bertz CT molecular complexity index is 684. The smallest absolute Gasteiger partial charge is 0.408 e. The van der Waals surface area contributed by atoms with Crippen molar-refractivity contribution in [1.82, 2.24) is 10.2 Å². The molecule has 1 N–H and O–H groups in total. The van der Waals surface area contributed by atoms with Crippen molar-refractivity contribution < 1.29 is 23.9 Å². The molecule has 1 aromatic carbocycles. The zero-order valence-electron chi connectivity index (χ0n) is 17.1. The van der Waals surface area contributed by atoms with Gasteiger partial charge >= 0.3 is 12.1 Å². The van der Waals surface area contributed by atoms with E-state index in [1.807, 2.05) is 37.3 Å². The fraction of sp³-hybridized carbons (Fsp3) is 0.571. The highest BCUT2D eigenvalue weighted by atomic mass is 16.6. The fourth-order valence-electron chi connectivity index (χ4n) is 3.19. The van der Waals surface area contributed by atoms with Gasteiger partial charge in [0.15, 0.2) is 0 Å². The molecule has 1 aliphatic heterocycles. The molecule has 154 valence electrons. The molecule has 28 heavy (non-hydrogen) atoms. The van der Waals surface area contributed by atoms with Gasteiger partial charge in [-0.15, -0.1) is 0 Å². The summed E-state index contributed by atoms with van der Waals surface area (Å²) in [4.78, 5) is 38.6. The first-order valence-electron chi connectivity index (χ1n) is 9.67. The topological polar surface area (TPSA) is 84.9 Å². The first-order chi connectivity index (χ1) is 13.2. The summed E-state index contributed by atoms with van der Waals surface area (Å²) in [6.07, 6.45) is 0.810. The van der Waals surface area contributed by atoms with Gasteiger partial charge in [-0.25, -0.2) is 4.79 Å². The third-order valence-corrected chi connectivity index (χ3v) is 4.57. The molecule has 0 radical (unpaired) electrons. The minimum atomic E-state index is -0.704. The number of nitrogens with one attached hydrogen (secondary N) is 1. The Balaban J connectivity index is 1.94. The van der Waals surface area contributed by atoms with E-state index in [9.17, 15) is 14.4 Å². The Morgan fingerprint density at radius 1 is 1.21 bits per heavy atom. The number of esters is 1. The van der Waals surface area contributed by atoms with Gasteiger partial charge in [0.05, 0.1) is 0 Å². The highest BCUT2D eigenvalue weighted by Gasteiger charge is 2.38. The van der Waals surface area contributed by atoms with Crippen molar-refractivity contribution in [3.05, 3.63) is 35.9 Å². The molecule has 0 saturated carbocycles. The second-order valence-electron chi connectivity index (χ2n) is 7.99. The molecule has 2 atom stereocenters. The number of amides is 2. The second-order valence-corrected chi connectivity index (χ2v) is 7.99. The summed E-state index contributed by atoms with van der Waals surface area (Å²) >= 11 is 0. The average molecular weight is 390 g/mol. The second kappa shape index (κ2) is 9.57. The number of rotatable bonds is 6. The first kappa shape index (κ1) is 21.7. The maximum atomic E-state index is 12.9. The van der Waals surface area contributed by atoms with E-state index < -0.39 is 23.7 Å². The van der Waals surface area contributed by atoms with Crippen LogP contribution in [0.15, 0.2) is 30.3 Å². The summed E-state index contributed by atoms with van der Waals surface area (Å²) < 4.78 is 10.5. The van der Waals surface area contributed by atoms with Gasteiger partial charge in [-0.3, -0.25) is 9.59 Å². The fourth-order valence-corrected chi connectivity index (χ4v) is 3.19. The molecule has 7 nitrogen and oxygen atoms in total. The number of piperidine rings is 1. The monoisotopic (exact) mass is 390 g/mol. The van der Waals surface area contributed by atoms with E-state index in [1.165, 1.54) is 4.90 Å². The SMILES string of the molecule is CC[C@@H]1CCN(CC(=O)OC(C)(C)C)C(=O)[C@@H]1NC(=O)OCc1ccccc1. The molecule has 2 amide bonds. The van der Waals surface area contributed by atoms with Crippen LogP contribution in [0.3, 0.4) is 0 Å². The summed E-state index contributed by atoms with van der Waals surface area (Å²) in [5.74, 6) is -0.728. The van der Waals surface area contributed by atoms with E-state index in [4.69, 9.17) is 9.47 Å². The number of benzene rings is 1. The van der Waals surface area contributed by atoms with E-state index in [0.29, 0.717) is 13.0 Å². The summed E-state index contributed by atoms with van der Waals surface area (Å²) in [5, 5.41) is 2.69. The molecule has 7 heteroatoms. The number of nitrogens with zero attached hydrogens (tertiary/aromatic N) is 1. The number of likely N-dealkylation sites (tertiary alicyclic amines) is 1. The minimum absolute atomic E-state index is 0.00617. The van der Waals surface area contributed by atoms with Crippen LogP contribution in [0, 0.1) is 5.92 Å². The van der Waals surface area contributed by atoms with Crippen molar-refractivity contribution in [3.63, 3.8) is 0 Å². The molecule has 1 fully saturated rings. The number of hydrogen-bond acceptors (Lipinski definition) is 5. The van der Waals surface area contributed by atoms with Crippen molar-refractivity contribution in [2.24, 2.45) is 5.92 Å². The van der Waals surface area contributed by atoms with Crippen molar-refractivity contribution in [3.8, 4) is 0 Å². The molecule has 1 saturated heterocycles. The normalized spacial score (nSPS) is 19.9.